The van der Waals surface area contributed by atoms with Gasteiger partial charge in [-0.05, 0) is 59.2 Å². The van der Waals surface area contributed by atoms with E-state index >= 15 is 0 Å². The number of nitrogens with one attached hydrogen (secondary N) is 1. The molecular weight excluding hydrogens is 511 g/mol. The minimum Gasteiger partial charge on any atom is -0.357 e. The smallest absolute Gasteiger partial charge is 0.194 e. The highest BCUT2D eigenvalue weighted by Crippen LogP contribution is 2.27. The van der Waals surface area contributed by atoms with Crippen molar-refractivity contribution >= 4 is 39.8 Å². The number of rotatable bonds is 5. The van der Waals surface area contributed by atoms with Crippen molar-refractivity contribution < 1.29 is 8.42 Å². The molecule has 1 atom stereocenters. The summed E-state index contributed by atoms with van der Waals surface area (Å²) in [5.74, 6) is 1.00. The average Bonchev–Trinajstić information content (AvgIpc) is 3.19. The number of benzene rings is 1. The van der Waals surface area contributed by atoms with Gasteiger partial charge in [0.1, 0.15) is 0 Å². The van der Waals surface area contributed by atoms with Crippen molar-refractivity contribution in [3.05, 3.63) is 35.4 Å². The van der Waals surface area contributed by atoms with Crippen LogP contribution >= 0.6 is 24.0 Å². The number of likely N-dealkylation sites (tertiary alicyclic amines) is 1. The Hall–Kier alpha value is -0.870. The topological polar surface area (TPSA) is 65.0 Å². The Morgan fingerprint density at radius 2 is 1.80 bits per heavy atom. The Balaban J connectivity index is 0.00000320. The van der Waals surface area contributed by atoms with E-state index in [4.69, 9.17) is 4.99 Å². The number of hydrogen-bond acceptors (Lipinski definition) is 4. The number of halogens is 1. The summed E-state index contributed by atoms with van der Waals surface area (Å²) in [5.41, 5.74) is 2.57. The predicted octanol–water partition coefficient (Wildman–Crippen LogP) is 3.22. The molecule has 0 saturated carbocycles. The summed E-state index contributed by atoms with van der Waals surface area (Å²) in [7, 11) is -3.07. The van der Waals surface area contributed by atoms with E-state index in [1.54, 1.807) is 0 Å². The number of aryl methyl sites for hydroxylation is 1. The van der Waals surface area contributed by atoms with Gasteiger partial charge in [-0.25, -0.2) is 8.42 Å². The molecule has 0 bridgehead atoms. The van der Waals surface area contributed by atoms with Crippen LogP contribution in [0.1, 0.15) is 50.8 Å². The summed E-state index contributed by atoms with van der Waals surface area (Å²) in [4.78, 5) is 9.63. The first-order chi connectivity index (χ1) is 13.7. The fourth-order valence-corrected chi connectivity index (χ4v) is 5.56. The molecule has 1 aromatic carbocycles. The molecule has 2 heterocycles. The fraction of sp³-hybridized carbons (Fsp3) is 0.682. The van der Waals surface area contributed by atoms with Crippen LogP contribution in [0.3, 0.4) is 0 Å². The van der Waals surface area contributed by atoms with E-state index in [0.29, 0.717) is 19.6 Å². The molecule has 2 fully saturated rings. The van der Waals surface area contributed by atoms with Crippen molar-refractivity contribution in [2.45, 2.75) is 51.3 Å². The molecule has 0 spiro atoms. The highest BCUT2D eigenvalue weighted by Gasteiger charge is 2.41. The third-order valence-electron chi connectivity index (χ3n) is 6.14. The number of hydrogen-bond donors (Lipinski definition) is 1. The summed E-state index contributed by atoms with van der Waals surface area (Å²) < 4.78 is 24.0. The van der Waals surface area contributed by atoms with Crippen LogP contribution in [0.25, 0.3) is 0 Å². The van der Waals surface area contributed by atoms with Gasteiger partial charge in [0.15, 0.2) is 15.8 Å². The van der Waals surface area contributed by atoms with E-state index in [1.807, 2.05) is 13.8 Å². The number of nitrogens with zero attached hydrogens (tertiary/aromatic N) is 3. The van der Waals surface area contributed by atoms with Crippen molar-refractivity contribution in [2.75, 3.05) is 45.0 Å². The van der Waals surface area contributed by atoms with Gasteiger partial charge < -0.3 is 10.2 Å². The Morgan fingerprint density at radius 3 is 2.37 bits per heavy atom. The summed E-state index contributed by atoms with van der Waals surface area (Å²) in [6, 6.07) is 9.04. The van der Waals surface area contributed by atoms with Crippen molar-refractivity contribution in [1.82, 2.24) is 15.1 Å². The van der Waals surface area contributed by atoms with Crippen LogP contribution in [0.4, 0.5) is 0 Å². The van der Waals surface area contributed by atoms with Crippen molar-refractivity contribution in [3.8, 4) is 0 Å². The number of sulfone groups is 1. The quantitative estimate of drug-likeness (QED) is 0.348. The monoisotopic (exact) mass is 548 g/mol. The molecule has 1 unspecified atom stereocenters. The normalized spacial score (nSPS) is 22.4. The second-order valence-corrected chi connectivity index (χ2v) is 11.6. The molecule has 6 nitrogen and oxygen atoms in total. The molecular formula is C22H37IN4O2S. The van der Waals surface area contributed by atoms with Gasteiger partial charge in [-0.15, -0.1) is 24.0 Å². The van der Waals surface area contributed by atoms with E-state index in [0.717, 1.165) is 25.6 Å². The average molecular weight is 549 g/mol. The van der Waals surface area contributed by atoms with Gasteiger partial charge >= 0.3 is 0 Å². The largest absolute Gasteiger partial charge is 0.357 e. The molecule has 3 rings (SSSR count). The summed E-state index contributed by atoms with van der Waals surface area (Å²) in [5, 5.41) is 3.39. The molecule has 2 saturated heterocycles. The van der Waals surface area contributed by atoms with Crippen molar-refractivity contribution in [2.24, 2.45) is 4.99 Å². The minimum atomic E-state index is -3.07. The second kappa shape index (κ2) is 10.6. The molecule has 0 aromatic heterocycles. The maximum atomic E-state index is 12.4. The lowest BCUT2D eigenvalue weighted by molar-refractivity contribution is 0.250. The van der Waals surface area contributed by atoms with Crippen LogP contribution in [-0.4, -0.2) is 73.9 Å². The Morgan fingerprint density at radius 1 is 1.17 bits per heavy atom. The highest BCUT2D eigenvalue weighted by atomic mass is 127. The molecule has 0 amide bonds. The molecule has 1 aromatic rings. The van der Waals surface area contributed by atoms with Crippen LogP contribution in [0.5, 0.6) is 0 Å². The third-order valence-corrected chi connectivity index (χ3v) is 8.67. The standard InChI is InChI=1S/C22H36N4O2S.HI/c1-5-23-21(26-14-15-29(27,28)22(3,4)17-26)24-16-20(25-12-6-7-13-25)19-10-8-18(2)9-11-19;/h8-11,20H,5-7,12-17H2,1-4H3,(H,23,24);1H. The SMILES string of the molecule is CCNC(=NCC(c1ccc(C)cc1)N1CCCC1)N1CCS(=O)(=O)C(C)(C)C1.I. The van der Waals surface area contributed by atoms with E-state index in [-0.39, 0.29) is 35.8 Å². The first-order valence-corrected chi connectivity index (χ1v) is 12.4. The van der Waals surface area contributed by atoms with Gasteiger partial charge in [0.05, 0.1) is 23.1 Å². The number of guanidine groups is 1. The van der Waals surface area contributed by atoms with Crippen LogP contribution in [0.2, 0.25) is 0 Å². The molecule has 2 aliphatic rings. The molecule has 8 heteroatoms. The zero-order chi connectivity index (χ0) is 21.1. The van der Waals surface area contributed by atoms with Gasteiger partial charge in [0, 0.05) is 19.6 Å². The minimum absolute atomic E-state index is 0. The highest BCUT2D eigenvalue weighted by molar-refractivity contribution is 14.0. The van der Waals surface area contributed by atoms with E-state index in [9.17, 15) is 8.42 Å². The summed E-state index contributed by atoms with van der Waals surface area (Å²) in [6.45, 7) is 12.4. The molecule has 2 aliphatic heterocycles. The molecule has 170 valence electrons. The number of aliphatic imine (C=N–C) groups is 1. The molecule has 0 radical (unpaired) electrons. The van der Waals surface area contributed by atoms with Crippen LogP contribution in [-0.2, 0) is 9.84 Å². The Bertz CT molecular complexity index is 818. The molecule has 1 N–H and O–H groups in total. The van der Waals surface area contributed by atoms with Crippen LogP contribution in [0.15, 0.2) is 29.3 Å². The maximum absolute atomic E-state index is 12.4. The predicted molar refractivity (Wildman–Crippen MR) is 136 cm³/mol. The maximum Gasteiger partial charge on any atom is 0.194 e. The molecule has 30 heavy (non-hydrogen) atoms. The van der Waals surface area contributed by atoms with Crippen LogP contribution < -0.4 is 5.32 Å². The first-order valence-electron chi connectivity index (χ1n) is 10.8. The van der Waals surface area contributed by atoms with Crippen molar-refractivity contribution in [3.63, 3.8) is 0 Å². The lowest BCUT2D eigenvalue weighted by atomic mass is 10.0. The van der Waals surface area contributed by atoms with E-state index < -0.39 is 14.6 Å². The fourth-order valence-electron chi connectivity index (χ4n) is 4.20. The lowest BCUT2D eigenvalue weighted by Gasteiger charge is -2.39. The van der Waals surface area contributed by atoms with Crippen LogP contribution in [0, 0.1) is 6.92 Å². The Kier molecular flexibility index (Phi) is 9.00. The van der Waals surface area contributed by atoms with E-state index in [1.165, 1.54) is 24.0 Å². The zero-order valence-corrected chi connectivity index (χ0v) is 21.9. The summed E-state index contributed by atoms with van der Waals surface area (Å²) in [6.07, 6.45) is 2.48. The van der Waals surface area contributed by atoms with Gasteiger partial charge in [-0.2, -0.15) is 0 Å². The van der Waals surface area contributed by atoms with Gasteiger partial charge in [0.25, 0.3) is 0 Å². The first kappa shape index (κ1) is 25.4. The third kappa shape index (κ3) is 5.88. The van der Waals surface area contributed by atoms with E-state index in [2.05, 4.69) is 53.2 Å². The van der Waals surface area contributed by atoms with Gasteiger partial charge in [0.2, 0.25) is 0 Å². The summed E-state index contributed by atoms with van der Waals surface area (Å²) >= 11 is 0. The van der Waals surface area contributed by atoms with Crippen molar-refractivity contribution in [1.29, 1.82) is 0 Å². The zero-order valence-electron chi connectivity index (χ0n) is 18.7. The van der Waals surface area contributed by atoms with Gasteiger partial charge in [-0.1, -0.05) is 29.8 Å². The molecule has 0 aliphatic carbocycles. The Labute approximate surface area is 199 Å². The van der Waals surface area contributed by atoms with Gasteiger partial charge in [-0.3, -0.25) is 9.89 Å². The second-order valence-electron chi connectivity index (χ2n) is 8.86. The lowest BCUT2D eigenvalue weighted by Crippen LogP contribution is -2.57.